The molecule has 3 heterocycles. The van der Waals surface area contributed by atoms with Crippen molar-refractivity contribution < 1.29 is 31.9 Å². The number of rotatable bonds is 7. The lowest BCUT2D eigenvalue weighted by Gasteiger charge is -2.50. The number of alkyl halides is 3. The Labute approximate surface area is 202 Å². The number of hydrogen-bond acceptors (Lipinski definition) is 7. The van der Waals surface area contributed by atoms with Crippen molar-refractivity contribution in [2.45, 2.75) is 43.1 Å². The van der Waals surface area contributed by atoms with Gasteiger partial charge in [-0.2, -0.15) is 23.5 Å². The first-order valence-corrected chi connectivity index (χ1v) is 11.1. The molecule has 2 aromatic rings. The lowest BCUT2D eigenvalue weighted by atomic mass is 9.86. The van der Waals surface area contributed by atoms with Crippen LogP contribution in [0.3, 0.4) is 0 Å². The van der Waals surface area contributed by atoms with Gasteiger partial charge in [-0.1, -0.05) is 0 Å². The molecule has 2 saturated heterocycles. The van der Waals surface area contributed by atoms with Gasteiger partial charge in [0.2, 0.25) is 0 Å². The number of aliphatic hydroxyl groups excluding tert-OH is 1. The molecule has 2 unspecified atom stereocenters. The van der Waals surface area contributed by atoms with Gasteiger partial charge in [0.1, 0.15) is 23.2 Å². The SMILES string of the molecule is C[C@H](NC(=O)c1cc(F)c(N2CC(CC#N)(n3cc(C4CNNC4CO)cn3)C2)cc1F)C(F)(F)F. The van der Waals surface area contributed by atoms with Crippen molar-refractivity contribution in [3.8, 4) is 6.07 Å². The normalized spacial score (nSPS) is 22.1. The van der Waals surface area contributed by atoms with Crippen LogP contribution in [-0.4, -0.2) is 65.3 Å². The van der Waals surface area contributed by atoms with Crippen molar-refractivity contribution in [2.75, 3.05) is 31.1 Å². The van der Waals surface area contributed by atoms with Gasteiger partial charge in [-0.3, -0.25) is 20.3 Å². The fourth-order valence-corrected chi connectivity index (χ4v) is 4.48. The fourth-order valence-electron chi connectivity index (χ4n) is 4.48. The van der Waals surface area contributed by atoms with E-state index in [1.165, 1.54) is 4.90 Å². The maximum absolute atomic E-state index is 14.8. The number of hydrazine groups is 1. The number of anilines is 1. The minimum atomic E-state index is -4.73. The van der Waals surface area contributed by atoms with Crippen LogP contribution >= 0.6 is 0 Å². The zero-order valence-corrected chi connectivity index (χ0v) is 19.1. The molecule has 1 aromatic carbocycles. The molecule has 4 rings (SSSR count). The molecule has 1 amide bonds. The Morgan fingerprint density at radius 2 is 2.08 bits per heavy atom. The molecule has 0 spiro atoms. The van der Waals surface area contributed by atoms with E-state index in [9.17, 15) is 37.1 Å². The highest BCUT2D eigenvalue weighted by Crippen LogP contribution is 2.38. The van der Waals surface area contributed by atoms with Crippen molar-refractivity contribution in [1.82, 2.24) is 25.9 Å². The average molecular weight is 513 g/mol. The number of halogens is 5. The lowest BCUT2D eigenvalue weighted by Crippen LogP contribution is -2.63. The van der Waals surface area contributed by atoms with Gasteiger partial charge in [0.05, 0.1) is 42.6 Å². The Morgan fingerprint density at radius 3 is 2.72 bits per heavy atom. The number of carbonyl (C=O) groups excluding carboxylic acids is 1. The second kappa shape index (κ2) is 9.64. The Kier molecular flexibility index (Phi) is 6.91. The van der Waals surface area contributed by atoms with Gasteiger partial charge in [-0.15, -0.1) is 0 Å². The minimum Gasteiger partial charge on any atom is -0.395 e. The molecule has 2 aliphatic heterocycles. The number of benzene rings is 1. The number of aliphatic hydroxyl groups is 1. The van der Waals surface area contributed by atoms with Crippen LogP contribution in [0, 0.1) is 23.0 Å². The summed E-state index contributed by atoms with van der Waals surface area (Å²) < 4.78 is 69.1. The topological polar surface area (TPSA) is 118 Å². The standard InChI is InChI=1S/C22H24F5N7O2/c1-12(22(25,26)27)31-20(36)14-4-17(24)19(5-16(14)23)33-10-21(11-33,2-3-28)34-8-13(6-30-34)15-7-29-32-18(15)9-35/h4-6,8,12,15,18,29,32,35H,2,7,9-11H2,1H3,(H,31,36)/t12-,15?,18?/m0/s1. The number of aromatic nitrogens is 2. The van der Waals surface area contributed by atoms with Gasteiger partial charge in [0, 0.05) is 37.8 Å². The summed E-state index contributed by atoms with van der Waals surface area (Å²) in [6.45, 7) is 1.40. The molecule has 4 N–H and O–H groups in total. The summed E-state index contributed by atoms with van der Waals surface area (Å²) >= 11 is 0. The first kappa shape index (κ1) is 25.8. The van der Waals surface area contributed by atoms with Gasteiger partial charge in [-0.25, -0.2) is 8.78 Å². The molecule has 14 heteroatoms. The number of hydrogen-bond donors (Lipinski definition) is 4. The Morgan fingerprint density at radius 1 is 1.36 bits per heavy atom. The van der Waals surface area contributed by atoms with Crippen LogP contribution in [0.1, 0.15) is 35.2 Å². The number of carbonyl (C=O) groups is 1. The van der Waals surface area contributed by atoms with Gasteiger partial charge in [0.15, 0.2) is 0 Å². The molecule has 0 aliphatic carbocycles. The Bertz CT molecular complexity index is 1170. The van der Waals surface area contributed by atoms with E-state index < -0.39 is 40.9 Å². The molecular formula is C22H24F5N7O2. The molecule has 0 saturated carbocycles. The molecular weight excluding hydrogens is 489 g/mol. The van der Waals surface area contributed by atoms with Crippen molar-refractivity contribution >= 4 is 11.6 Å². The summed E-state index contributed by atoms with van der Waals surface area (Å²) in [6.07, 6.45) is -1.29. The summed E-state index contributed by atoms with van der Waals surface area (Å²) in [5.74, 6) is -3.59. The van der Waals surface area contributed by atoms with Crippen LogP contribution in [0.4, 0.5) is 27.6 Å². The number of nitrogens with one attached hydrogen (secondary N) is 3. The van der Waals surface area contributed by atoms with Crippen LogP contribution in [0.15, 0.2) is 24.5 Å². The fraction of sp³-hybridized carbons (Fsp3) is 0.500. The van der Waals surface area contributed by atoms with E-state index in [1.54, 1.807) is 22.4 Å². The Balaban J connectivity index is 1.51. The first-order chi connectivity index (χ1) is 17.0. The summed E-state index contributed by atoms with van der Waals surface area (Å²) in [5, 5.41) is 24.9. The maximum Gasteiger partial charge on any atom is 0.408 e. The number of nitrogens with zero attached hydrogens (tertiary/aromatic N) is 4. The van der Waals surface area contributed by atoms with Crippen LogP contribution in [0.25, 0.3) is 0 Å². The van der Waals surface area contributed by atoms with Crippen molar-refractivity contribution in [3.05, 3.63) is 47.3 Å². The van der Waals surface area contributed by atoms with Crippen LogP contribution in [0.5, 0.6) is 0 Å². The zero-order chi connectivity index (χ0) is 26.3. The van der Waals surface area contributed by atoms with E-state index in [4.69, 9.17) is 0 Å². The predicted octanol–water partition coefficient (Wildman–Crippen LogP) is 1.52. The monoisotopic (exact) mass is 513 g/mol. The third-order valence-electron chi connectivity index (χ3n) is 6.65. The summed E-state index contributed by atoms with van der Waals surface area (Å²) in [7, 11) is 0. The van der Waals surface area contributed by atoms with Gasteiger partial charge in [-0.05, 0) is 18.6 Å². The molecule has 3 atom stereocenters. The zero-order valence-electron chi connectivity index (χ0n) is 19.1. The molecule has 2 aliphatic rings. The maximum atomic E-state index is 14.8. The van der Waals surface area contributed by atoms with E-state index in [2.05, 4.69) is 22.0 Å². The average Bonchev–Trinajstić information content (AvgIpc) is 3.46. The van der Waals surface area contributed by atoms with Crippen molar-refractivity contribution in [2.24, 2.45) is 0 Å². The second-order valence-corrected chi connectivity index (χ2v) is 9.07. The molecule has 0 radical (unpaired) electrons. The third-order valence-corrected chi connectivity index (χ3v) is 6.65. The smallest absolute Gasteiger partial charge is 0.395 e. The van der Waals surface area contributed by atoms with E-state index in [-0.39, 0.29) is 43.8 Å². The quantitative estimate of drug-likeness (QED) is 0.415. The third kappa shape index (κ3) is 4.73. The van der Waals surface area contributed by atoms with Crippen molar-refractivity contribution in [3.63, 3.8) is 0 Å². The van der Waals surface area contributed by atoms with E-state index in [0.717, 1.165) is 11.6 Å². The van der Waals surface area contributed by atoms with Crippen LogP contribution in [0.2, 0.25) is 0 Å². The highest BCUT2D eigenvalue weighted by Gasteiger charge is 2.47. The van der Waals surface area contributed by atoms with Crippen molar-refractivity contribution in [1.29, 1.82) is 5.26 Å². The van der Waals surface area contributed by atoms with E-state index >= 15 is 0 Å². The lowest BCUT2D eigenvalue weighted by molar-refractivity contribution is -0.149. The number of amides is 1. The summed E-state index contributed by atoms with van der Waals surface area (Å²) in [5.41, 5.74) is 4.94. The predicted molar refractivity (Wildman–Crippen MR) is 117 cm³/mol. The van der Waals surface area contributed by atoms with Crippen LogP contribution < -0.4 is 21.1 Å². The molecule has 9 nitrogen and oxygen atoms in total. The van der Waals surface area contributed by atoms with E-state index in [1.807, 2.05) is 0 Å². The minimum absolute atomic E-state index is 0.0368. The number of nitriles is 1. The van der Waals surface area contributed by atoms with Gasteiger partial charge >= 0.3 is 6.18 Å². The Hall–Kier alpha value is -3.28. The first-order valence-electron chi connectivity index (χ1n) is 11.1. The van der Waals surface area contributed by atoms with Gasteiger partial charge in [0.25, 0.3) is 5.91 Å². The van der Waals surface area contributed by atoms with Crippen LogP contribution in [-0.2, 0) is 5.54 Å². The largest absolute Gasteiger partial charge is 0.408 e. The highest BCUT2D eigenvalue weighted by molar-refractivity contribution is 5.95. The summed E-state index contributed by atoms with van der Waals surface area (Å²) in [4.78, 5) is 13.5. The molecule has 2 fully saturated rings. The second-order valence-electron chi connectivity index (χ2n) is 9.07. The molecule has 1 aromatic heterocycles. The highest BCUT2D eigenvalue weighted by atomic mass is 19.4. The summed E-state index contributed by atoms with van der Waals surface area (Å²) in [6, 6.07) is 0.970. The molecule has 36 heavy (non-hydrogen) atoms. The molecule has 194 valence electrons. The molecule has 0 bridgehead atoms. The van der Waals surface area contributed by atoms with Gasteiger partial charge < -0.3 is 15.3 Å². The van der Waals surface area contributed by atoms with E-state index in [0.29, 0.717) is 19.5 Å².